The number of benzene rings is 1. The number of nitrogens with two attached hydrogens (primary N) is 1. The molecular formula is C13H8Cl4N2O5. The van der Waals surface area contributed by atoms with Crippen LogP contribution in [0.2, 0.25) is 20.1 Å². The molecule has 3 amide bonds. The summed E-state index contributed by atoms with van der Waals surface area (Å²) in [4.78, 5) is 47.8. The maximum atomic E-state index is 12.5. The van der Waals surface area contributed by atoms with Crippen LogP contribution in [0.3, 0.4) is 0 Å². The Balaban J connectivity index is 2.57. The minimum Gasteiger partial charge on any atom is -0.480 e. The van der Waals surface area contributed by atoms with Crippen LogP contribution < -0.4 is 5.73 Å². The average Bonchev–Trinajstić information content (AvgIpc) is 2.75. The van der Waals surface area contributed by atoms with Crippen molar-refractivity contribution < 1.29 is 24.3 Å². The number of carbonyl (C=O) groups excluding carboxylic acids is 3. The first-order chi connectivity index (χ1) is 11.1. The van der Waals surface area contributed by atoms with Crippen LogP contribution in [0.5, 0.6) is 0 Å². The molecule has 0 bridgehead atoms. The van der Waals surface area contributed by atoms with Crippen molar-refractivity contribution in [3.8, 4) is 0 Å². The molecule has 0 spiro atoms. The summed E-state index contributed by atoms with van der Waals surface area (Å²) in [5.41, 5.74) is 4.33. The molecule has 1 aliphatic heterocycles. The fourth-order valence-corrected chi connectivity index (χ4v) is 3.31. The second kappa shape index (κ2) is 6.76. The topological polar surface area (TPSA) is 118 Å². The fourth-order valence-electron chi connectivity index (χ4n) is 2.29. The highest BCUT2D eigenvalue weighted by Crippen LogP contribution is 2.45. The Bertz CT molecular complexity index is 748. The van der Waals surface area contributed by atoms with Crippen molar-refractivity contribution in [1.82, 2.24) is 4.90 Å². The van der Waals surface area contributed by atoms with Gasteiger partial charge in [-0.05, 0) is 6.42 Å². The van der Waals surface area contributed by atoms with Crippen molar-refractivity contribution >= 4 is 70.1 Å². The maximum absolute atomic E-state index is 12.5. The molecule has 0 fully saturated rings. The van der Waals surface area contributed by atoms with Crippen molar-refractivity contribution in [3.05, 3.63) is 31.2 Å². The van der Waals surface area contributed by atoms with Gasteiger partial charge in [-0.1, -0.05) is 46.4 Å². The lowest BCUT2D eigenvalue weighted by atomic mass is 10.1. The Labute approximate surface area is 155 Å². The molecule has 0 aliphatic carbocycles. The third kappa shape index (κ3) is 2.93. The summed E-state index contributed by atoms with van der Waals surface area (Å²) in [6, 6.07) is -1.62. The molecule has 0 radical (unpaired) electrons. The zero-order chi connectivity index (χ0) is 18.3. The van der Waals surface area contributed by atoms with E-state index in [-0.39, 0.29) is 44.1 Å². The molecule has 11 heteroatoms. The van der Waals surface area contributed by atoms with Crippen LogP contribution in [0.4, 0.5) is 0 Å². The first-order valence-corrected chi connectivity index (χ1v) is 7.85. The van der Waals surface area contributed by atoms with E-state index in [1.807, 2.05) is 0 Å². The van der Waals surface area contributed by atoms with E-state index in [2.05, 4.69) is 0 Å². The molecule has 1 heterocycles. The normalized spacial score (nSPS) is 14.8. The van der Waals surface area contributed by atoms with Gasteiger partial charge >= 0.3 is 5.97 Å². The number of nitrogens with zero attached hydrogens (tertiary/aromatic N) is 1. The highest BCUT2D eigenvalue weighted by atomic mass is 35.5. The number of carboxylic acids is 1. The lowest BCUT2D eigenvalue weighted by Gasteiger charge is -2.22. The monoisotopic (exact) mass is 412 g/mol. The van der Waals surface area contributed by atoms with E-state index in [0.717, 1.165) is 0 Å². The molecule has 128 valence electrons. The number of primary amides is 1. The van der Waals surface area contributed by atoms with Gasteiger partial charge in [0, 0.05) is 6.42 Å². The highest BCUT2D eigenvalue weighted by Gasteiger charge is 2.46. The third-order valence-corrected chi connectivity index (χ3v) is 5.20. The summed E-state index contributed by atoms with van der Waals surface area (Å²) in [7, 11) is 0. The summed E-state index contributed by atoms with van der Waals surface area (Å²) in [6.45, 7) is 0. The molecule has 0 saturated heterocycles. The van der Waals surface area contributed by atoms with Crippen LogP contribution >= 0.6 is 46.4 Å². The lowest BCUT2D eigenvalue weighted by molar-refractivity contribution is -0.141. The zero-order valence-corrected chi connectivity index (χ0v) is 14.6. The molecule has 1 aromatic carbocycles. The van der Waals surface area contributed by atoms with Gasteiger partial charge in [-0.3, -0.25) is 19.3 Å². The number of halogens is 4. The SMILES string of the molecule is NC(=O)CC[C@@H](C(=O)O)N1C(=O)c2c(Cl)c(Cl)c(Cl)c(Cl)c2C1=O. The quantitative estimate of drug-likeness (QED) is 0.437. The van der Waals surface area contributed by atoms with Crippen LogP contribution in [0, 0.1) is 0 Å². The molecule has 1 atom stereocenters. The van der Waals surface area contributed by atoms with Gasteiger partial charge in [0.25, 0.3) is 11.8 Å². The summed E-state index contributed by atoms with van der Waals surface area (Å²) >= 11 is 23.6. The predicted molar refractivity (Wildman–Crippen MR) is 86.8 cm³/mol. The average molecular weight is 414 g/mol. The van der Waals surface area contributed by atoms with Gasteiger partial charge in [0.1, 0.15) is 6.04 Å². The van der Waals surface area contributed by atoms with Crippen LogP contribution in [-0.2, 0) is 9.59 Å². The molecule has 0 aromatic heterocycles. The smallest absolute Gasteiger partial charge is 0.326 e. The number of fused-ring (bicyclic) bond motifs is 1. The standard InChI is InChI=1S/C13H8Cl4N2O5/c14-7-5-6(8(15)10(17)9(7)16)12(22)19(11(5)21)3(13(23)24)1-2-4(18)20/h3H,1-2H2,(H2,18,20)(H,23,24)/t3-/m0/s1. The minimum absolute atomic E-state index is 0.228. The predicted octanol–water partition coefficient (Wildman–Crippen LogP) is 2.61. The zero-order valence-electron chi connectivity index (χ0n) is 11.6. The van der Waals surface area contributed by atoms with Gasteiger partial charge < -0.3 is 10.8 Å². The minimum atomic E-state index is -1.62. The van der Waals surface area contributed by atoms with Gasteiger partial charge in [-0.25, -0.2) is 4.79 Å². The van der Waals surface area contributed by atoms with Crippen LogP contribution in [-0.4, -0.2) is 39.7 Å². The van der Waals surface area contributed by atoms with Gasteiger partial charge in [-0.2, -0.15) is 0 Å². The molecular weight excluding hydrogens is 406 g/mol. The van der Waals surface area contributed by atoms with E-state index in [1.54, 1.807) is 0 Å². The van der Waals surface area contributed by atoms with Crippen LogP contribution in [0.1, 0.15) is 33.6 Å². The number of aliphatic carboxylic acids is 1. The number of amides is 3. The Kier molecular flexibility index (Phi) is 5.29. The maximum Gasteiger partial charge on any atom is 0.326 e. The van der Waals surface area contributed by atoms with Crippen molar-refractivity contribution in [1.29, 1.82) is 0 Å². The van der Waals surface area contributed by atoms with Gasteiger partial charge in [0.2, 0.25) is 5.91 Å². The molecule has 2 rings (SSSR count). The molecule has 0 saturated carbocycles. The van der Waals surface area contributed by atoms with E-state index < -0.39 is 29.7 Å². The molecule has 7 nitrogen and oxygen atoms in total. The van der Waals surface area contributed by atoms with Crippen LogP contribution in [0.15, 0.2) is 0 Å². The first-order valence-electron chi connectivity index (χ1n) is 6.34. The molecule has 24 heavy (non-hydrogen) atoms. The van der Waals surface area contributed by atoms with Gasteiger partial charge in [0.05, 0.1) is 31.2 Å². The molecule has 3 N–H and O–H groups in total. The number of rotatable bonds is 5. The van der Waals surface area contributed by atoms with E-state index in [1.165, 1.54) is 0 Å². The number of carbonyl (C=O) groups is 4. The molecule has 1 aliphatic rings. The highest BCUT2D eigenvalue weighted by molar-refractivity contribution is 6.55. The number of hydrogen-bond donors (Lipinski definition) is 2. The summed E-state index contributed by atoms with van der Waals surface area (Å²) in [5, 5.41) is 8.23. The van der Waals surface area contributed by atoms with Gasteiger partial charge in [0.15, 0.2) is 0 Å². The van der Waals surface area contributed by atoms with E-state index in [0.29, 0.717) is 4.90 Å². The number of hydrogen-bond acceptors (Lipinski definition) is 4. The summed E-state index contributed by atoms with van der Waals surface area (Å²) in [5.74, 6) is -4.25. The fraction of sp³-hybridized carbons (Fsp3) is 0.231. The third-order valence-electron chi connectivity index (χ3n) is 3.39. The van der Waals surface area contributed by atoms with E-state index >= 15 is 0 Å². The number of imide groups is 1. The Morgan fingerprint density at radius 1 is 0.958 bits per heavy atom. The van der Waals surface area contributed by atoms with Crippen molar-refractivity contribution in [3.63, 3.8) is 0 Å². The van der Waals surface area contributed by atoms with E-state index in [4.69, 9.17) is 52.1 Å². The summed E-state index contributed by atoms with van der Waals surface area (Å²) < 4.78 is 0. The Morgan fingerprint density at radius 2 is 1.38 bits per heavy atom. The summed E-state index contributed by atoms with van der Waals surface area (Å²) in [6.07, 6.45) is -0.694. The largest absolute Gasteiger partial charge is 0.480 e. The van der Waals surface area contributed by atoms with Crippen molar-refractivity contribution in [2.24, 2.45) is 5.73 Å². The van der Waals surface area contributed by atoms with Crippen molar-refractivity contribution in [2.45, 2.75) is 18.9 Å². The molecule has 0 unspecified atom stereocenters. The Morgan fingerprint density at radius 3 is 1.71 bits per heavy atom. The molecule has 1 aromatic rings. The second-order valence-electron chi connectivity index (χ2n) is 4.85. The van der Waals surface area contributed by atoms with Crippen LogP contribution in [0.25, 0.3) is 0 Å². The second-order valence-corrected chi connectivity index (χ2v) is 6.36. The van der Waals surface area contributed by atoms with E-state index in [9.17, 15) is 24.3 Å². The van der Waals surface area contributed by atoms with Crippen molar-refractivity contribution in [2.75, 3.05) is 0 Å². The Hall–Kier alpha value is -1.54. The number of carboxylic acid groups (broad SMARTS) is 1. The van der Waals surface area contributed by atoms with Gasteiger partial charge in [-0.15, -0.1) is 0 Å². The lowest BCUT2D eigenvalue weighted by Crippen LogP contribution is -2.45. The first kappa shape index (κ1) is 18.8.